The molecule has 0 N–H and O–H groups in total. The predicted octanol–water partition coefficient (Wildman–Crippen LogP) is 4.39. The van der Waals surface area contributed by atoms with Crippen LogP contribution < -0.4 is 0 Å². The van der Waals surface area contributed by atoms with Gasteiger partial charge in [-0.15, -0.1) is 0 Å². The van der Waals surface area contributed by atoms with Gasteiger partial charge in [0, 0.05) is 5.56 Å². The molecule has 0 unspecified atom stereocenters. The Morgan fingerprint density at radius 2 is 1.32 bits per heavy atom. The highest BCUT2D eigenvalue weighted by Crippen LogP contribution is 2.36. The third-order valence-electron chi connectivity index (χ3n) is 4.16. The fourth-order valence-corrected chi connectivity index (χ4v) is 3.20. The topological polar surface area (TPSA) is 12.4 Å². The number of rotatable bonds is 1. The van der Waals surface area contributed by atoms with Gasteiger partial charge in [-0.25, -0.2) is 0 Å². The van der Waals surface area contributed by atoms with E-state index in [9.17, 15) is 0 Å². The molecule has 0 radical (unpaired) electrons. The van der Waals surface area contributed by atoms with Gasteiger partial charge in [0.1, 0.15) is 0 Å². The largest absolute Gasteiger partial charge is 0.281 e. The van der Waals surface area contributed by atoms with E-state index in [4.69, 9.17) is 0 Å². The molecule has 0 saturated carbocycles. The third kappa shape index (κ3) is 1.17. The van der Waals surface area contributed by atoms with Gasteiger partial charge >= 0.3 is 0 Å². The van der Waals surface area contributed by atoms with Gasteiger partial charge < -0.3 is 0 Å². The first kappa shape index (κ1) is 9.51. The van der Waals surface area contributed by atoms with Crippen LogP contribution in [0, 0.1) is 0 Å². The Kier molecular flexibility index (Phi) is 1.56. The molecule has 0 aliphatic carbocycles. The average molecular weight is 241 g/mol. The second kappa shape index (κ2) is 3.12. The minimum Gasteiger partial charge on any atom is -0.281 e. The third-order valence-corrected chi connectivity index (χ3v) is 4.16. The molecule has 0 aromatic heterocycles. The smallest absolute Gasteiger partial charge is 0.0818 e. The van der Waals surface area contributed by atoms with Crippen LogP contribution in [0.4, 0.5) is 0 Å². The van der Waals surface area contributed by atoms with Gasteiger partial charge in [-0.1, -0.05) is 54.6 Å². The summed E-state index contributed by atoms with van der Waals surface area (Å²) in [4.78, 5) is 4.37. The molecule has 4 aromatic carbocycles. The van der Waals surface area contributed by atoms with Gasteiger partial charge in [-0.2, -0.15) is 0 Å². The Labute approximate surface area is 110 Å². The lowest BCUT2D eigenvalue weighted by Gasteiger charge is -2.12. The summed E-state index contributed by atoms with van der Waals surface area (Å²) in [5.41, 5.74) is 2.56. The highest BCUT2D eigenvalue weighted by atomic mass is 14.9. The van der Waals surface area contributed by atoms with Crippen molar-refractivity contribution in [1.29, 1.82) is 0 Å². The first-order valence-electron chi connectivity index (χ1n) is 6.62. The van der Waals surface area contributed by atoms with E-state index in [0.717, 1.165) is 6.54 Å². The Morgan fingerprint density at radius 1 is 0.684 bits per heavy atom. The summed E-state index contributed by atoms with van der Waals surface area (Å²) in [5.74, 6) is 0. The van der Waals surface area contributed by atoms with Crippen molar-refractivity contribution in [3.63, 3.8) is 0 Å². The van der Waals surface area contributed by atoms with Crippen LogP contribution in [-0.2, 0) is 0 Å². The summed E-state index contributed by atoms with van der Waals surface area (Å²) < 4.78 is 0. The van der Waals surface area contributed by atoms with Gasteiger partial charge in [0.05, 0.1) is 12.3 Å². The molecule has 1 nitrogen and oxygen atoms in total. The minimum atomic E-state index is 0.907. The van der Waals surface area contributed by atoms with Crippen molar-refractivity contribution >= 4 is 38.0 Å². The van der Waals surface area contributed by atoms with E-state index in [-0.39, 0.29) is 0 Å². The predicted molar refractivity (Wildman–Crippen MR) is 81.6 cm³/mol. The average Bonchev–Trinajstić information content (AvgIpc) is 3.29. The quantitative estimate of drug-likeness (QED) is 0.438. The van der Waals surface area contributed by atoms with E-state index in [1.165, 1.54) is 43.6 Å². The molecule has 0 spiro atoms. The Balaban J connectivity index is 2.14. The molecule has 1 aliphatic heterocycles. The van der Waals surface area contributed by atoms with Crippen molar-refractivity contribution in [3.05, 3.63) is 60.2 Å². The summed E-state index contributed by atoms with van der Waals surface area (Å²) in [6.07, 6.45) is 0. The first-order chi connectivity index (χ1) is 9.42. The van der Waals surface area contributed by atoms with Crippen LogP contribution in [-0.4, -0.2) is 12.3 Å². The van der Waals surface area contributed by atoms with Crippen molar-refractivity contribution in [2.24, 2.45) is 4.99 Å². The lowest BCUT2D eigenvalue weighted by molar-refractivity contribution is 1.57. The molecule has 0 bridgehead atoms. The van der Waals surface area contributed by atoms with Gasteiger partial charge in [-0.3, -0.25) is 4.99 Å². The summed E-state index contributed by atoms with van der Waals surface area (Å²) in [5, 5.41) is 8.10. The molecule has 88 valence electrons. The molecule has 0 fully saturated rings. The van der Waals surface area contributed by atoms with E-state index < -0.39 is 0 Å². The molecule has 0 saturated heterocycles. The van der Waals surface area contributed by atoms with E-state index in [1.54, 1.807) is 0 Å². The number of nitrogens with zero attached hydrogens (tertiary/aromatic N) is 1. The minimum absolute atomic E-state index is 0.907. The zero-order valence-corrected chi connectivity index (χ0v) is 10.4. The standard InChI is InChI=1S/C18H11N/c1-2-11-4-5-13-6-8-14(16-10-19-16)15-9-7-12(3-1)17(11)18(13)15/h1-9H,10H2. The van der Waals surface area contributed by atoms with Crippen LogP contribution in [0.2, 0.25) is 0 Å². The maximum Gasteiger partial charge on any atom is 0.0818 e. The van der Waals surface area contributed by atoms with Crippen LogP contribution in [0.3, 0.4) is 0 Å². The Bertz CT molecular complexity index is 963. The molecule has 1 heteroatoms. The number of hydrogen-bond acceptors (Lipinski definition) is 1. The highest BCUT2D eigenvalue weighted by molar-refractivity contribution is 6.28. The Hall–Kier alpha value is -2.41. The molecule has 4 aromatic rings. The molecular weight excluding hydrogens is 230 g/mol. The highest BCUT2D eigenvalue weighted by Gasteiger charge is 2.17. The summed E-state index contributed by atoms with van der Waals surface area (Å²) in [7, 11) is 0. The fourth-order valence-electron chi connectivity index (χ4n) is 3.20. The molecule has 1 aliphatic rings. The number of aliphatic imine (C=N–C) groups is 1. The van der Waals surface area contributed by atoms with Gasteiger partial charge in [0.2, 0.25) is 0 Å². The zero-order chi connectivity index (χ0) is 12.4. The van der Waals surface area contributed by atoms with Gasteiger partial charge in [0.25, 0.3) is 0 Å². The normalized spacial score (nSPS) is 14.4. The van der Waals surface area contributed by atoms with E-state index in [1.807, 2.05) is 0 Å². The van der Waals surface area contributed by atoms with Crippen LogP contribution >= 0.6 is 0 Å². The van der Waals surface area contributed by atoms with Crippen molar-refractivity contribution < 1.29 is 0 Å². The summed E-state index contributed by atoms with van der Waals surface area (Å²) in [6.45, 7) is 0.907. The fraction of sp³-hybridized carbons (Fsp3) is 0.0556. The van der Waals surface area contributed by atoms with Crippen molar-refractivity contribution in [2.75, 3.05) is 6.54 Å². The van der Waals surface area contributed by atoms with E-state index >= 15 is 0 Å². The monoisotopic (exact) mass is 241 g/mol. The maximum absolute atomic E-state index is 4.37. The van der Waals surface area contributed by atoms with Crippen molar-refractivity contribution in [2.45, 2.75) is 0 Å². The second-order valence-electron chi connectivity index (χ2n) is 5.23. The maximum atomic E-state index is 4.37. The lowest BCUT2D eigenvalue weighted by Crippen LogP contribution is -1.92. The summed E-state index contributed by atoms with van der Waals surface area (Å²) >= 11 is 0. The molecule has 19 heavy (non-hydrogen) atoms. The number of hydrogen-bond donors (Lipinski definition) is 0. The second-order valence-corrected chi connectivity index (χ2v) is 5.23. The lowest BCUT2D eigenvalue weighted by atomic mass is 9.91. The first-order valence-corrected chi connectivity index (χ1v) is 6.62. The summed E-state index contributed by atoms with van der Waals surface area (Å²) in [6, 6.07) is 19.9. The van der Waals surface area contributed by atoms with E-state index in [2.05, 4.69) is 59.6 Å². The van der Waals surface area contributed by atoms with Crippen molar-refractivity contribution in [3.8, 4) is 0 Å². The van der Waals surface area contributed by atoms with Gasteiger partial charge in [-0.05, 0) is 32.3 Å². The van der Waals surface area contributed by atoms with Crippen LogP contribution in [0.15, 0.2) is 59.6 Å². The van der Waals surface area contributed by atoms with E-state index in [0.29, 0.717) is 0 Å². The molecule has 0 amide bonds. The van der Waals surface area contributed by atoms with Crippen molar-refractivity contribution in [1.82, 2.24) is 0 Å². The zero-order valence-electron chi connectivity index (χ0n) is 10.4. The Morgan fingerprint density at radius 3 is 2.05 bits per heavy atom. The van der Waals surface area contributed by atoms with Crippen LogP contribution in [0.25, 0.3) is 32.3 Å². The molecule has 1 heterocycles. The molecule has 5 rings (SSSR count). The van der Waals surface area contributed by atoms with Crippen LogP contribution in [0.1, 0.15) is 5.56 Å². The SMILES string of the molecule is c1cc2ccc3ccc(C4=NC4)c4ccc(c1)c2c34. The van der Waals surface area contributed by atoms with Gasteiger partial charge in [0.15, 0.2) is 0 Å². The molecule has 0 atom stereocenters. The van der Waals surface area contributed by atoms with Crippen LogP contribution in [0.5, 0.6) is 0 Å². The number of benzene rings is 4. The molecular formula is C18H11N.